The number of halogens is 1. The molecule has 2 N–H and O–H groups in total. The molecular weight excluding hydrogens is 363 g/mol. The van der Waals surface area contributed by atoms with Crippen LogP contribution >= 0.6 is 24.0 Å². The molecule has 0 aromatic heterocycles. The minimum Gasteiger partial charge on any atom is -0.355 e. The van der Waals surface area contributed by atoms with Crippen molar-refractivity contribution in [1.29, 1.82) is 0 Å². The van der Waals surface area contributed by atoms with Crippen molar-refractivity contribution in [2.24, 2.45) is 4.99 Å². The average Bonchev–Trinajstić information content (AvgIpc) is 2.37. The van der Waals surface area contributed by atoms with Crippen LogP contribution in [0.25, 0.3) is 0 Å². The van der Waals surface area contributed by atoms with Gasteiger partial charge in [0.05, 0.1) is 0 Å². The Labute approximate surface area is 142 Å². The van der Waals surface area contributed by atoms with Crippen LogP contribution in [0.5, 0.6) is 0 Å². The summed E-state index contributed by atoms with van der Waals surface area (Å²) in [5.41, 5.74) is 0.0527. The van der Waals surface area contributed by atoms with Gasteiger partial charge in [-0.2, -0.15) is 0 Å². The summed E-state index contributed by atoms with van der Waals surface area (Å²) in [4.78, 5) is 6.76. The number of guanidine groups is 1. The molecule has 0 atom stereocenters. The molecule has 0 aliphatic heterocycles. The first-order valence-corrected chi connectivity index (χ1v) is 7.61. The zero-order chi connectivity index (χ0) is 14.3. The van der Waals surface area contributed by atoms with E-state index in [0.29, 0.717) is 0 Å². The predicted molar refractivity (Wildman–Crippen MR) is 99.2 cm³/mol. The van der Waals surface area contributed by atoms with E-state index in [1.54, 1.807) is 0 Å². The van der Waals surface area contributed by atoms with Crippen LogP contribution < -0.4 is 10.6 Å². The van der Waals surface area contributed by atoms with Crippen molar-refractivity contribution in [2.45, 2.75) is 64.5 Å². The van der Waals surface area contributed by atoms with E-state index in [0.717, 1.165) is 25.1 Å². The second-order valence-electron chi connectivity index (χ2n) is 6.65. The molecule has 1 rings (SSSR count). The van der Waals surface area contributed by atoms with Gasteiger partial charge in [-0.3, -0.25) is 4.99 Å². The molecule has 120 valence electrons. The van der Waals surface area contributed by atoms with E-state index in [4.69, 9.17) is 0 Å². The lowest BCUT2D eigenvalue weighted by Crippen LogP contribution is -2.49. The van der Waals surface area contributed by atoms with E-state index >= 15 is 0 Å². The minimum absolute atomic E-state index is 0. The van der Waals surface area contributed by atoms with Gasteiger partial charge in [-0.15, -0.1) is 24.0 Å². The Bertz CT molecular complexity index is 280. The van der Waals surface area contributed by atoms with Gasteiger partial charge in [0.2, 0.25) is 0 Å². The first-order chi connectivity index (χ1) is 8.92. The van der Waals surface area contributed by atoms with Gasteiger partial charge in [-0.25, -0.2) is 0 Å². The Morgan fingerprint density at radius 2 is 1.80 bits per heavy atom. The number of hydrogen-bond donors (Lipinski definition) is 2. The molecule has 0 saturated heterocycles. The minimum atomic E-state index is 0. The maximum atomic E-state index is 4.26. The van der Waals surface area contributed by atoms with Gasteiger partial charge in [0.25, 0.3) is 0 Å². The number of nitrogens with zero attached hydrogens (tertiary/aromatic N) is 2. The summed E-state index contributed by atoms with van der Waals surface area (Å²) in [5.74, 6) is 0.893. The van der Waals surface area contributed by atoms with Gasteiger partial charge >= 0.3 is 0 Å². The number of aliphatic imine (C=N–C) groups is 1. The Balaban J connectivity index is 0.00000361. The van der Waals surface area contributed by atoms with E-state index in [2.05, 4.69) is 48.3 Å². The van der Waals surface area contributed by atoms with Crippen molar-refractivity contribution in [3.63, 3.8) is 0 Å². The molecule has 0 heterocycles. The van der Waals surface area contributed by atoms with Crippen LogP contribution in [-0.4, -0.2) is 49.6 Å². The molecule has 5 heteroatoms. The number of rotatable bonds is 4. The molecule has 0 aromatic carbocycles. The predicted octanol–water partition coefficient (Wildman–Crippen LogP) is 2.83. The van der Waals surface area contributed by atoms with E-state index in [1.165, 1.54) is 32.1 Å². The molecule has 1 fully saturated rings. The Hall–Kier alpha value is -0.0400. The van der Waals surface area contributed by atoms with Gasteiger partial charge in [0.1, 0.15) is 0 Å². The topological polar surface area (TPSA) is 39.7 Å². The number of likely N-dealkylation sites (N-methyl/N-ethyl adjacent to an activating group) is 1. The third kappa shape index (κ3) is 8.29. The lowest BCUT2D eigenvalue weighted by atomic mass is 9.94. The Morgan fingerprint density at radius 1 is 1.20 bits per heavy atom. The van der Waals surface area contributed by atoms with Crippen LogP contribution in [0.4, 0.5) is 0 Å². The molecule has 0 amide bonds. The normalized spacial score (nSPS) is 17.8. The lowest BCUT2D eigenvalue weighted by molar-refractivity contribution is 0.194. The second-order valence-corrected chi connectivity index (χ2v) is 6.65. The molecule has 0 spiro atoms. The lowest BCUT2D eigenvalue weighted by Gasteiger charge is -2.31. The van der Waals surface area contributed by atoms with E-state index in [1.807, 2.05) is 7.05 Å². The third-order valence-corrected chi connectivity index (χ3v) is 3.67. The van der Waals surface area contributed by atoms with Gasteiger partial charge in [-0.05, 0) is 40.7 Å². The highest BCUT2D eigenvalue weighted by Gasteiger charge is 2.17. The SMILES string of the molecule is CN=C(NCCN(C)C1CCCCC1)NC(C)(C)C.I. The molecule has 0 radical (unpaired) electrons. The highest BCUT2D eigenvalue weighted by atomic mass is 127. The molecule has 0 bridgehead atoms. The fourth-order valence-corrected chi connectivity index (χ4v) is 2.59. The maximum absolute atomic E-state index is 4.26. The van der Waals surface area contributed by atoms with Crippen LogP contribution in [0.3, 0.4) is 0 Å². The largest absolute Gasteiger partial charge is 0.355 e. The second kappa shape index (κ2) is 9.82. The molecule has 20 heavy (non-hydrogen) atoms. The van der Waals surface area contributed by atoms with Crippen LogP contribution in [0.15, 0.2) is 4.99 Å². The monoisotopic (exact) mass is 396 g/mol. The van der Waals surface area contributed by atoms with E-state index in [9.17, 15) is 0 Å². The van der Waals surface area contributed by atoms with Gasteiger partial charge in [0, 0.05) is 31.7 Å². The van der Waals surface area contributed by atoms with Crippen molar-refractivity contribution in [3.8, 4) is 0 Å². The fourth-order valence-electron chi connectivity index (χ4n) is 2.59. The highest BCUT2D eigenvalue weighted by Crippen LogP contribution is 2.21. The fraction of sp³-hybridized carbons (Fsp3) is 0.933. The molecule has 0 unspecified atom stereocenters. The van der Waals surface area contributed by atoms with E-state index < -0.39 is 0 Å². The maximum Gasteiger partial charge on any atom is 0.191 e. The molecule has 1 aliphatic rings. The summed E-state index contributed by atoms with van der Waals surface area (Å²) >= 11 is 0. The number of nitrogens with one attached hydrogen (secondary N) is 2. The van der Waals surface area contributed by atoms with Crippen LogP contribution in [0.2, 0.25) is 0 Å². The van der Waals surface area contributed by atoms with Gasteiger partial charge in [0.15, 0.2) is 5.96 Å². The van der Waals surface area contributed by atoms with Gasteiger partial charge < -0.3 is 15.5 Å². The smallest absolute Gasteiger partial charge is 0.191 e. The summed E-state index contributed by atoms with van der Waals surface area (Å²) in [6.45, 7) is 8.47. The molecular formula is C15H33IN4. The quantitative estimate of drug-likeness (QED) is 0.436. The molecule has 0 aromatic rings. The third-order valence-electron chi connectivity index (χ3n) is 3.67. The zero-order valence-electron chi connectivity index (χ0n) is 13.8. The molecule has 4 nitrogen and oxygen atoms in total. The Morgan fingerprint density at radius 3 is 2.30 bits per heavy atom. The molecule has 1 aliphatic carbocycles. The summed E-state index contributed by atoms with van der Waals surface area (Å²) in [7, 11) is 4.07. The van der Waals surface area contributed by atoms with Gasteiger partial charge in [-0.1, -0.05) is 19.3 Å². The summed E-state index contributed by atoms with van der Waals surface area (Å²) in [5, 5.41) is 6.77. The highest BCUT2D eigenvalue weighted by molar-refractivity contribution is 14.0. The number of hydrogen-bond acceptors (Lipinski definition) is 2. The first kappa shape index (κ1) is 20.0. The standard InChI is InChI=1S/C15H32N4.HI/c1-15(2,3)18-14(16-4)17-11-12-19(5)13-9-7-6-8-10-13;/h13H,6-12H2,1-5H3,(H2,16,17,18);1H. The zero-order valence-corrected chi connectivity index (χ0v) is 16.2. The van der Waals surface area contributed by atoms with Crippen molar-refractivity contribution < 1.29 is 0 Å². The van der Waals surface area contributed by atoms with Crippen molar-refractivity contribution >= 4 is 29.9 Å². The average molecular weight is 396 g/mol. The first-order valence-electron chi connectivity index (χ1n) is 7.61. The summed E-state index contributed by atoms with van der Waals surface area (Å²) in [6, 6.07) is 0.785. The molecule has 1 saturated carbocycles. The van der Waals surface area contributed by atoms with E-state index in [-0.39, 0.29) is 29.5 Å². The van der Waals surface area contributed by atoms with Crippen LogP contribution in [0, 0.1) is 0 Å². The summed E-state index contributed by atoms with van der Waals surface area (Å²) in [6.07, 6.45) is 6.95. The summed E-state index contributed by atoms with van der Waals surface area (Å²) < 4.78 is 0. The van der Waals surface area contributed by atoms with Crippen molar-refractivity contribution in [3.05, 3.63) is 0 Å². The van der Waals surface area contributed by atoms with Crippen molar-refractivity contribution in [1.82, 2.24) is 15.5 Å². The van der Waals surface area contributed by atoms with Crippen LogP contribution in [-0.2, 0) is 0 Å². The van der Waals surface area contributed by atoms with Crippen molar-refractivity contribution in [2.75, 3.05) is 27.2 Å². The van der Waals surface area contributed by atoms with Crippen LogP contribution in [0.1, 0.15) is 52.9 Å². The Kier molecular flexibility index (Phi) is 9.80.